The molecule has 1 aliphatic carbocycles. The van der Waals surface area contributed by atoms with Crippen LogP contribution >= 0.6 is 11.3 Å². The Balaban J connectivity index is 1.82. The molecule has 0 spiro atoms. The standard InChI is InChI=1S/C14H13NO2S/c1-8-2-4-9(5-3-8)13-15-12(7-18-13)10-6-11(10)14(16)17/h2-5,7,10-11H,6H2,1H3,(H,16,17). The second-order valence-corrected chi connectivity index (χ2v) is 5.59. The van der Waals surface area contributed by atoms with Crippen LogP contribution in [-0.4, -0.2) is 16.1 Å². The normalized spacial score (nSPS) is 21.8. The smallest absolute Gasteiger partial charge is 0.307 e. The Kier molecular flexibility index (Phi) is 2.67. The van der Waals surface area contributed by atoms with E-state index in [2.05, 4.69) is 36.2 Å². The maximum atomic E-state index is 10.8. The second kappa shape index (κ2) is 4.21. The topological polar surface area (TPSA) is 50.2 Å². The molecular formula is C14H13NO2S. The van der Waals surface area contributed by atoms with E-state index in [4.69, 9.17) is 5.11 Å². The third-order valence-corrected chi connectivity index (χ3v) is 4.22. The minimum atomic E-state index is -0.704. The maximum absolute atomic E-state index is 10.8. The number of carboxylic acid groups (broad SMARTS) is 1. The van der Waals surface area contributed by atoms with Gasteiger partial charge in [-0.25, -0.2) is 4.98 Å². The van der Waals surface area contributed by atoms with Crippen molar-refractivity contribution >= 4 is 17.3 Å². The molecule has 0 bridgehead atoms. The van der Waals surface area contributed by atoms with Gasteiger partial charge in [0.25, 0.3) is 0 Å². The monoisotopic (exact) mass is 259 g/mol. The van der Waals surface area contributed by atoms with Crippen LogP contribution in [0.15, 0.2) is 29.6 Å². The number of carboxylic acids is 1. The summed E-state index contributed by atoms with van der Waals surface area (Å²) in [4.78, 5) is 15.4. The largest absolute Gasteiger partial charge is 0.481 e. The van der Waals surface area contributed by atoms with E-state index >= 15 is 0 Å². The van der Waals surface area contributed by atoms with Gasteiger partial charge in [0.05, 0.1) is 11.6 Å². The SMILES string of the molecule is Cc1ccc(-c2nc(C3CC3C(=O)O)cs2)cc1. The molecule has 1 N–H and O–H groups in total. The Labute approximate surface area is 109 Å². The number of thiazole rings is 1. The van der Waals surface area contributed by atoms with E-state index in [-0.39, 0.29) is 11.8 Å². The predicted molar refractivity (Wildman–Crippen MR) is 70.8 cm³/mol. The van der Waals surface area contributed by atoms with Gasteiger partial charge in [-0.3, -0.25) is 4.79 Å². The molecule has 18 heavy (non-hydrogen) atoms. The zero-order chi connectivity index (χ0) is 12.7. The van der Waals surface area contributed by atoms with Gasteiger partial charge in [-0.2, -0.15) is 0 Å². The van der Waals surface area contributed by atoms with Crippen molar-refractivity contribution in [2.75, 3.05) is 0 Å². The minimum Gasteiger partial charge on any atom is -0.481 e. The number of aromatic nitrogens is 1. The van der Waals surface area contributed by atoms with Crippen LogP contribution in [0.1, 0.15) is 23.6 Å². The lowest BCUT2D eigenvalue weighted by Gasteiger charge is -1.96. The molecule has 3 rings (SSSR count). The molecule has 0 amide bonds. The Bertz CT molecular complexity index is 588. The molecule has 1 heterocycles. The van der Waals surface area contributed by atoms with Crippen molar-refractivity contribution in [2.45, 2.75) is 19.3 Å². The van der Waals surface area contributed by atoms with Crippen molar-refractivity contribution in [1.29, 1.82) is 0 Å². The molecule has 1 aromatic carbocycles. The number of benzene rings is 1. The van der Waals surface area contributed by atoms with Crippen LogP contribution in [0.5, 0.6) is 0 Å². The fraction of sp³-hybridized carbons (Fsp3) is 0.286. The first-order chi connectivity index (χ1) is 8.65. The molecule has 0 saturated heterocycles. The average Bonchev–Trinajstić information content (AvgIpc) is 3.02. The van der Waals surface area contributed by atoms with E-state index in [9.17, 15) is 4.79 Å². The van der Waals surface area contributed by atoms with Crippen molar-refractivity contribution in [3.05, 3.63) is 40.9 Å². The number of rotatable bonds is 3. The summed E-state index contributed by atoms with van der Waals surface area (Å²) in [5.74, 6) is -0.805. The van der Waals surface area contributed by atoms with Gasteiger partial charge in [0.2, 0.25) is 0 Å². The predicted octanol–water partition coefficient (Wildman–Crippen LogP) is 3.31. The van der Waals surface area contributed by atoms with Crippen molar-refractivity contribution < 1.29 is 9.90 Å². The van der Waals surface area contributed by atoms with Crippen molar-refractivity contribution in [1.82, 2.24) is 4.98 Å². The lowest BCUT2D eigenvalue weighted by molar-refractivity contribution is -0.138. The first-order valence-electron chi connectivity index (χ1n) is 5.90. The molecule has 1 saturated carbocycles. The number of carbonyl (C=O) groups is 1. The Morgan fingerprint density at radius 1 is 1.39 bits per heavy atom. The fourth-order valence-corrected chi connectivity index (χ4v) is 2.97. The summed E-state index contributed by atoms with van der Waals surface area (Å²) in [5.41, 5.74) is 3.26. The summed E-state index contributed by atoms with van der Waals surface area (Å²) in [7, 11) is 0. The minimum absolute atomic E-state index is 0.123. The molecule has 1 aliphatic rings. The zero-order valence-electron chi connectivity index (χ0n) is 9.96. The van der Waals surface area contributed by atoms with Crippen molar-refractivity contribution in [3.8, 4) is 10.6 Å². The first-order valence-corrected chi connectivity index (χ1v) is 6.78. The van der Waals surface area contributed by atoms with Crippen molar-refractivity contribution in [2.24, 2.45) is 5.92 Å². The summed E-state index contributed by atoms with van der Waals surface area (Å²) >= 11 is 1.59. The maximum Gasteiger partial charge on any atom is 0.307 e. The molecule has 0 radical (unpaired) electrons. The van der Waals surface area contributed by atoms with Crippen molar-refractivity contribution in [3.63, 3.8) is 0 Å². The molecule has 2 aromatic rings. The highest BCUT2D eigenvalue weighted by Crippen LogP contribution is 2.48. The Morgan fingerprint density at radius 2 is 2.11 bits per heavy atom. The third kappa shape index (κ3) is 2.04. The lowest BCUT2D eigenvalue weighted by atomic mass is 10.2. The molecule has 92 valence electrons. The lowest BCUT2D eigenvalue weighted by Crippen LogP contribution is -1.98. The molecule has 3 nitrogen and oxygen atoms in total. The Hall–Kier alpha value is -1.68. The molecule has 2 unspecified atom stereocenters. The highest BCUT2D eigenvalue weighted by molar-refractivity contribution is 7.13. The van der Waals surface area contributed by atoms with Crippen LogP contribution in [0.2, 0.25) is 0 Å². The average molecular weight is 259 g/mol. The van der Waals surface area contributed by atoms with E-state index < -0.39 is 5.97 Å². The van der Waals surface area contributed by atoms with E-state index in [1.165, 1.54) is 5.56 Å². The quantitative estimate of drug-likeness (QED) is 0.920. The van der Waals surface area contributed by atoms with E-state index in [0.29, 0.717) is 0 Å². The number of aliphatic carboxylic acids is 1. The molecule has 0 aliphatic heterocycles. The second-order valence-electron chi connectivity index (χ2n) is 4.73. The number of aryl methyl sites for hydroxylation is 1. The van der Waals surface area contributed by atoms with Crippen LogP contribution in [0.4, 0.5) is 0 Å². The van der Waals surface area contributed by atoms with Crippen LogP contribution in [0.3, 0.4) is 0 Å². The van der Waals surface area contributed by atoms with Gasteiger partial charge in [0, 0.05) is 16.9 Å². The summed E-state index contributed by atoms with van der Waals surface area (Å²) in [5, 5.41) is 11.9. The molecule has 2 atom stereocenters. The van der Waals surface area contributed by atoms with Crippen LogP contribution in [0, 0.1) is 12.8 Å². The van der Waals surface area contributed by atoms with Crippen LogP contribution < -0.4 is 0 Å². The van der Waals surface area contributed by atoms with Gasteiger partial charge in [0.15, 0.2) is 0 Å². The van der Waals surface area contributed by atoms with E-state index in [0.717, 1.165) is 22.7 Å². The summed E-state index contributed by atoms with van der Waals surface area (Å²) in [6.45, 7) is 2.05. The van der Waals surface area contributed by atoms with E-state index in [1.54, 1.807) is 11.3 Å². The summed E-state index contributed by atoms with van der Waals surface area (Å²) < 4.78 is 0. The summed E-state index contributed by atoms with van der Waals surface area (Å²) in [6.07, 6.45) is 0.729. The van der Waals surface area contributed by atoms with E-state index in [1.807, 2.05) is 5.38 Å². The highest BCUT2D eigenvalue weighted by Gasteiger charge is 2.45. The molecular weight excluding hydrogens is 246 g/mol. The third-order valence-electron chi connectivity index (χ3n) is 3.31. The molecule has 1 aromatic heterocycles. The zero-order valence-corrected chi connectivity index (χ0v) is 10.8. The van der Waals surface area contributed by atoms with Gasteiger partial charge < -0.3 is 5.11 Å². The van der Waals surface area contributed by atoms with Crippen LogP contribution in [-0.2, 0) is 4.79 Å². The van der Waals surface area contributed by atoms with Gasteiger partial charge in [-0.15, -0.1) is 11.3 Å². The van der Waals surface area contributed by atoms with Gasteiger partial charge >= 0.3 is 5.97 Å². The Morgan fingerprint density at radius 3 is 2.72 bits per heavy atom. The summed E-state index contributed by atoms with van der Waals surface area (Å²) in [6, 6.07) is 8.24. The number of hydrogen-bond donors (Lipinski definition) is 1. The highest BCUT2D eigenvalue weighted by atomic mass is 32.1. The van der Waals surface area contributed by atoms with Crippen LogP contribution in [0.25, 0.3) is 10.6 Å². The van der Waals surface area contributed by atoms with Gasteiger partial charge in [0.1, 0.15) is 5.01 Å². The fourth-order valence-electron chi connectivity index (χ4n) is 2.08. The number of hydrogen-bond acceptors (Lipinski definition) is 3. The number of nitrogens with zero attached hydrogens (tertiary/aromatic N) is 1. The molecule has 4 heteroatoms. The van der Waals surface area contributed by atoms with Gasteiger partial charge in [-0.05, 0) is 13.3 Å². The first kappa shape index (κ1) is 11.4. The van der Waals surface area contributed by atoms with Gasteiger partial charge in [-0.1, -0.05) is 29.8 Å². The molecule has 1 fully saturated rings.